The summed E-state index contributed by atoms with van der Waals surface area (Å²) in [6, 6.07) is 14.5. The third-order valence-electron chi connectivity index (χ3n) is 4.28. The molecule has 7 heteroatoms. The zero-order valence-electron chi connectivity index (χ0n) is 15.7. The van der Waals surface area contributed by atoms with Crippen LogP contribution in [-0.4, -0.2) is 20.4 Å². The normalized spacial score (nSPS) is 10.9. The fraction of sp³-hybridized carbons (Fsp3) is 0.0909. The van der Waals surface area contributed by atoms with Crippen molar-refractivity contribution in [3.63, 3.8) is 0 Å². The molecule has 3 aromatic heterocycles. The first-order valence-electron chi connectivity index (χ1n) is 8.66. The maximum atomic E-state index is 9.78. The van der Waals surface area contributed by atoms with E-state index in [4.69, 9.17) is 22.7 Å². The van der Waals surface area contributed by atoms with Gasteiger partial charge < -0.3 is 22.7 Å². The van der Waals surface area contributed by atoms with E-state index < -0.39 is 0 Å². The lowest BCUT2D eigenvalue weighted by Crippen LogP contribution is -1.92. The van der Waals surface area contributed by atoms with Gasteiger partial charge in [-0.3, -0.25) is 0 Å². The number of ether oxygens (including phenoxy) is 2. The van der Waals surface area contributed by atoms with Crippen LogP contribution in [0, 0.1) is 11.3 Å². The molecule has 4 aromatic rings. The van der Waals surface area contributed by atoms with Gasteiger partial charge in [-0.25, -0.2) is 4.99 Å². The molecule has 0 saturated heterocycles. The van der Waals surface area contributed by atoms with E-state index in [1.54, 1.807) is 62.9 Å². The second-order valence-corrected chi connectivity index (χ2v) is 5.92. The van der Waals surface area contributed by atoms with Crippen molar-refractivity contribution in [3.8, 4) is 40.4 Å². The molecule has 144 valence electrons. The molecule has 7 nitrogen and oxygen atoms in total. The van der Waals surface area contributed by atoms with Gasteiger partial charge in [-0.1, -0.05) is 0 Å². The lowest BCUT2D eigenvalue weighted by molar-refractivity contribution is 0.394. The summed E-state index contributed by atoms with van der Waals surface area (Å²) < 4.78 is 27.5. The SMILES string of the molecule is COc1ccc(C=Nc2oc(-c3ccco3)c(-c3ccco3)c2C#N)c(OC)c1. The Kier molecular flexibility index (Phi) is 4.91. The Hall–Kier alpha value is -4.18. The van der Waals surface area contributed by atoms with E-state index in [0.717, 1.165) is 0 Å². The highest BCUT2D eigenvalue weighted by Gasteiger charge is 2.26. The number of hydrogen-bond acceptors (Lipinski definition) is 7. The Morgan fingerprint density at radius 2 is 1.76 bits per heavy atom. The number of nitriles is 1. The highest BCUT2D eigenvalue weighted by molar-refractivity contribution is 5.89. The summed E-state index contributed by atoms with van der Waals surface area (Å²) in [4.78, 5) is 4.39. The van der Waals surface area contributed by atoms with Crippen LogP contribution in [0.2, 0.25) is 0 Å². The largest absolute Gasteiger partial charge is 0.497 e. The summed E-state index contributed by atoms with van der Waals surface area (Å²) in [6.07, 6.45) is 4.62. The highest BCUT2D eigenvalue weighted by Crippen LogP contribution is 2.42. The maximum absolute atomic E-state index is 9.78. The van der Waals surface area contributed by atoms with Crippen molar-refractivity contribution >= 4 is 12.1 Å². The second-order valence-electron chi connectivity index (χ2n) is 5.92. The summed E-state index contributed by atoms with van der Waals surface area (Å²) >= 11 is 0. The number of hydrogen-bond donors (Lipinski definition) is 0. The molecule has 0 fully saturated rings. The van der Waals surface area contributed by atoms with Gasteiger partial charge in [0.25, 0.3) is 0 Å². The first-order valence-corrected chi connectivity index (χ1v) is 8.66. The first kappa shape index (κ1) is 18.2. The van der Waals surface area contributed by atoms with E-state index in [2.05, 4.69) is 11.1 Å². The van der Waals surface area contributed by atoms with E-state index in [1.165, 1.54) is 12.5 Å². The van der Waals surface area contributed by atoms with Gasteiger partial charge in [0.05, 0.1) is 32.3 Å². The van der Waals surface area contributed by atoms with Gasteiger partial charge in [0.2, 0.25) is 5.88 Å². The van der Waals surface area contributed by atoms with Crippen molar-refractivity contribution in [3.05, 3.63) is 66.1 Å². The molecule has 0 aliphatic rings. The Balaban J connectivity index is 1.82. The molecule has 3 heterocycles. The van der Waals surface area contributed by atoms with Gasteiger partial charge in [-0.2, -0.15) is 5.26 Å². The monoisotopic (exact) mass is 388 g/mol. The van der Waals surface area contributed by atoms with Gasteiger partial charge in [-0.15, -0.1) is 0 Å². The molecule has 0 amide bonds. The molecule has 0 aliphatic carbocycles. The van der Waals surface area contributed by atoms with Crippen molar-refractivity contribution in [1.82, 2.24) is 0 Å². The van der Waals surface area contributed by atoms with E-state index in [1.807, 2.05) is 0 Å². The van der Waals surface area contributed by atoms with E-state index >= 15 is 0 Å². The second kappa shape index (κ2) is 7.82. The predicted molar refractivity (Wildman–Crippen MR) is 106 cm³/mol. The van der Waals surface area contributed by atoms with Crippen molar-refractivity contribution in [2.45, 2.75) is 0 Å². The third kappa shape index (κ3) is 3.39. The van der Waals surface area contributed by atoms with E-state index in [-0.39, 0.29) is 11.4 Å². The Bertz CT molecular complexity index is 1180. The number of rotatable bonds is 6. The zero-order chi connectivity index (χ0) is 20.2. The van der Waals surface area contributed by atoms with Crippen LogP contribution >= 0.6 is 0 Å². The number of nitrogens with zero attached hydrogens (tertiary/aromatic N) is 2. The molecular formula is C22H16N2O5. The number of methoxy groups -OCH3 is 2. The topological polar surface area (TPSA) is 94.0 Å². The molecule has 0 saturated carbocycles. The van der Waals surface area contributed by atoms with Crippen molar-refractivity contribution in [1.29, 1.82) is 5.26 Å². The zero-order valence-corrected chi connectivity index (χ0v) is 15.7. The number of aliphatic imine (C=N–C) groups is 1. The van der Waals surface area contributed by atoms with Gasteiger partial charge >= 0.3 is 0 Å². The predicted octanol–water partition coefficient (Wildman–Crippen LogP) is 5.44. The summed E-state index contributed by atoms with van der Waals surface area (Å²) in [7, 11) is 3.14. The van der Waals surface area contributed by atoms with E-state index in [9.17, 15) is 5.26 Å². The third-order valence-corrected chi connectivity index (χ3v) is 4.28. The van der Waals surface area contributed by atoms with E-state index in [0.29, 0.717) is 39.9 Å². The number of benzene rings is 1. The fourth-order valence-corrected chi connectivity index (χ4v) is 2.90. The molecule has 29 heavy (non-hydrogen) atoms. The minimum atomic E-state index is 0.142. The maximum Gasteiger partial charge on any atom is 0.238 e. The molecule has 0 unspecified atom stereocenters. The van der Waals surface area contributed by atoms with Crippen LogP contribution in [0.3, 0.4) is 0 Å². The van der Waals surface area contributed by atoms with Gasteiger partial charge in [0, 0.05) is 17.8 Å². The van der Waals surface area contributed by atoms with Crippen molar-refractivity contribution in [2.75, 3.05) is 14.2 Å². The molecule has 0 atom stereocenters. The number of furan rings is 3. The minimum absolute atomic E-state index is 0.142. The Morgan fingerprint density at radius 1 is 1.00 bits per heavy atom. The summed E-state index contributed by atoms with van der Waals surface area (Å²) in [5.74, 6) is 2.71. The van der Waals surface area contributed by atoms with Gasteiger partial charge in [0.15, 0.2) is 11.5 Å². The molecule has 0 radical (unpaired) electrons. The van der Waals surface area contributed by atoms with Crippen molar-refractivity contribution < 1.29 is 22.7 Å². The molecule has 0 aliphatic heterocycles. The lowest BCUT2D eigenvalue weighted by atomic mass is 10.1. The molecular weight excluding hydrogens is 372 g/mol. The fourth-order valence-electron chi connectivity index (χ4n) is 2.90. The van der Waals surface area contributed by atoms with Crippen molar-refractivity contribution in [2.24, 2.45) is 4.99 Å². The smallest absolute Gasteiger partial charge is 0.238 e. The van der Waals surface area contributed by atoms with Crippen LogP contribution in [0.4, 0.5) is 5.88 Å². The Labute approximate surface area is 166 Å². The molecule has 0 bridgehead atoms. The van der Waals surface area contributed by atoms with Crippen LogP contribution in [0.1, 0.15) is 11.1 Å². The van der Waals surface area contributed by atoms with Crippen LogP contribution in [0.5, 0.6) is 11.5 Å². The van der Waals surface area contributed by atoms with Crippen LogP contribution in [-0.2, 0) is 0 Å². The average Bonchev–Trinajstić information content (AvgIpc) is 3.51. The minimum Gasteiger partial charge on any atom is -0.497 e. The molecule has 0 N–H and O–H groups in total. The molecule has 1 aromatic carbocycles. The van der Waals surface area contributed by atoms with Crippen LogP contribution in [0.15, 0.2) is 73.2 Å². The quantitative estimate of drug-likeness (QED) is 0.408. The average molecular weight is 388 g/mol. The Morgan fingerprint density at radius 3 is 2.38 bits per heavy atom. The summed E-state index contributed by atoms with van der Waals surface area (Å²) in [6.45, 7) is 0. The van der Waals surface area contributed by atoms with Crippen LogP contribution < -0.4 is 9.47 Å². The summed E-state index contributed by atoms with van der Waals surface area (Å²) in [5.41, 5.74) is 1.43. The first-order chi connectivity index (χ1) is 14.2. The molecule has 0 spiro atoms. The van der Waals surface area contributed by atoms with Gasteiger partial charge in [0.1, 0.15) is 28.9 Å². The van der Waals surface area contributed by atoms with Gasteiger partial charge in [-0.05, 0) is 36.4 Å². The summed E-state index contributed by atoms with van der Waals surface area (Å²) in [5, 5.41) is 9.78. The van der Waals surface area contributed by atoms with Crippen LogP contribution in [0.25, 0.3) is 22.8 Å². The molecule has 4 rings (SSSR count). The lowest BCUT2D eigenvalue weighted by Gasteiger charge is -2.06. The highest BCUT2D eigenvalue weighted by atomic mass is 16.5. The standard InChI is InChI=1S/C22H16N2O5/c1-25-15-8-7-14(19(11-15)26-2)13-24-22-16(12-23)20(17-5-3-9-27-17)21(29-22)18-6-4-10-28-18/h3-11,13H,1-2H3.